The van der Waals surface area contributed by atoms with Crippen LogP contribution in [0.15, 0.2) is 60.7 Å². The summed E-state index contributed by atoms with van der Waals surface area (Å²) < 4.78 is 5.04. The maximum absolute atomic E-state index is 12.1. The van der Waals surface area contributed by atoms with Gasteiger partial charge in [-0.2, -0.15) is 0 Å². The molecule has 0 saturated heterocycles. The van der Waals surface area contributed by atoms with Crippen LogP contribution in [0, 0.1) is 11.8 Å². The summed E-state index contributed by atoms with van der Waals surface area (Å²) in [4.78, 5) is 24.1. The van der Waals surface area contributed by atoms with Crippen LogP contribution in [0.25, 0.3) is 0 Å². The molecular formula is C20H22O3. The molecule has 0 aliphatic carbocycles. The second-order valence-electron chi connectivity index (χ2n) is 5.92. The summed E-state index contributed by atoms with van der Waals surface area (Å²) in [6, 6.07) is 19.4. The summed E-state index contributed by atoms with van der Waals surface area (Å²) in [6.07, 6.45) is 1.14. The lowest BCUT2D eigenvalue weighted by molar-refractivity contribution is -0.164. The number of benzene rings is 2. The van der Waals surface area contributed by atoms with Crippen molar-refractivity contribution < 1.29 is 14.3 Å². The third-order valence-electron chi connectivity index (χ3n) is 3.78. The van der Waals surface area contributed by atoms with Crippen LogP contribution < -0.4 is 0 Å². The molecule has 0 saturated carbocycles. The van der Waals surface area contributed by atoms with E-state index in [1.807, 2.05) is 60.7 Å². The Hall–Kier alpha value is -2.42. The molecular weight excluding hydrogens is 288 g/mol. The van der Waals surface area contributed by atoms with Gasteiger partial charge in [0, 0.05) is 0 Å². The quantitative estimate of drug-likeness (QED) is 0.602. The Labute approximate surface area is 137 Å². The van der Waals surface area contributed by atoms with Crippen molar-refractivity contribution in [3.63, 3.8) is 0 Å². The lowest BCUT2D eigenvalue weighted by Gasteiger charge is -2.13. The lowest BCUT2D eigenvalue weighted by atomic mass is 10.0. The van der Waals surface area contributed by atoms with E-state index in [-0.39, 0.29) is 11.8 Å². The van der Waals surface area contributed by atoms with E-state index in [2.05, 4.69) is 0 Å². The van der Waals surface area contributed by atoms with Crippen molar-refractivity contribution in [3.8, 4) is 0 Å². The van der Waals surface area contributed by atoms with Crippen LogP contribution in [0.1, 0.15) is 25.0 Å². The molecule has 0 bridgehead atoms. The van der Waals surface area contributed by atoms with Gasteiger partial charge in [0.1, 0.15) is 0 Å². The molecule has 0 aliphatic heterocycles. The van der Waals surface area contributed by atoms with E-state index < -0.39 is 11.9 Å². The van der Waals surface area contributed by atoms with Crippen molar-refractivity contribution in [1.29, 1.82) is 0 Å². The van der Waals surface area contributed by atoms with Crippen LogP contribution in [-0.2, 0) is 27.2 Å². The summed E-state index contributed by atoms with van der Waals surface area (Å²) in [7, 11) is 0. The molecule has 2 aromatic carbocycles. The van der Waals surface area contributed by atoms with Crippen LogP contribution in [0.4, 0.5) is 0 Å². The fourth-order valence-electron chi connectivity index (χ4n) is 2.40. The molecule has 120 valence electrons. The smallest absolute Gasteiger partial charge is 0.316 e. The number of carbonyl (C=O) groups is 2. The van der Waals surface area contributed by atoms with Gasteiger partial charge in [-0.3, -0.25) is 9.59 Å². The summed E-state index contributed by atoms with van der Waals surface area (Å²) >= 11 is 0. The predicted octanol–water partition coefficient (Wildman–Crippen LogP) is 3.81. The minimum absolute atomic E-state index is 0.342. The summed E-state index contributed by atoms with van der Waals surface area (Å²) in [5, 5.41) is 0. The van der Waals surface area contributed by atoms with Crippen molar-refractivity contribution in [1.82, 2.24) is 0 Å². The van der Waals surface area contributed by atoms with Crippen LogP contribution in [-0.4, -0.2) is 11.9 Å². The van der Waals surface area contributed by atoms with Crippen molar-refractivity contribution in [2.24, 2.45) is 11.8 Å². The first-order valence-electron chi connectivity index (χ1n) is 7.89. The van der Waals surface area contributed by atoms with Gasteiger partial charge in [0.2, 0.25) is 0 Å². The number of rotatable bonds is 6. The topological polar surface area (TPSA) is 43.4 Å². The zero-order valence-electron chi connectivity index (χ0n) is 13.6. The van der Waals surface area contributed by atoms with Gasteiger partial charge in [0.15, 0.2) is 0 Å². The summed E-state index contributed by atoms with van der Waals surface area (Å²) in [5.41, 5.74) is 2.11. The molecule has 0 spiro atoms. The Kier molecular flexibility index (Phi) is 6.10. The van der Waals surface area contributed by atoms with Crippen LogP contribution in [0.3, 0.4) is 0 Å². The Bertz CT molecular complexity index is 577. The fourth-order valence-corrected chi connectivity index (χ4v) is 2.40. The molecule has 0 radical (unpaired) electrons. The molecule has 0 aliphatic rings. The van der Waals surface area contributed by atoms with Gasteiger partial charge in [-0.15, -0.1) is 0 Å². The number of hydrogen-bond donors (Lipinski definition) is 0. The summed E-state index contributed by atoms with van der Waals surface area (Å²) in [6.45, 7) is 3.56. The first-order valence-corrected chi connectivity index (χ1v) is 7.89. The van der Waals surface area contributed by atoms with E-state index >= 15 is 0 Å². The number of hydrogen-bond acceptors (Lipinski definition) is 3. The normalized spacial score (nSPS) is 13.1. The lowest BCUT2D eigenvalue weighted by Crippen LogP contribution is -2.25. The first-order chi connectivity index (χ1) is 11.1. The van der Waals surface area contributed by atoms with E-state index in [4.69, 9.17) is 4.74 Å². The third kappa shape index (κ3) is 5.37. The molecule has 2 atom stereocenters. The molecule has 0 N–H and O–H groups in total. The Morgan fingerprint density at radius 2 is 1.09 bits per heavy atom. The molecule has 0 fully saturated rings. The van der Waals surface area contributed by atoms with Gasteiger partial charge >= 0.3 is 11.9 Å². The van der Waals surface area contributed by atoms with Crippen LogP contribution in [0.5, 0.6) is 0 Å². The highest BCUT2D eigenvalue weighted by atomic mass is 16.6. The molecule has 0 aromatic heterocycles. The van der Waals surface area contributed by atoms with Crippen molar-refractivity contribution in [2.75, 3.05) is 0 Å². The number of ether oxygens (including phenoxy) is 1. The molecule has 0 heterocycles. The number of esters is 2. The molecule has 23 heavy (non-hydrogen) atoms. The minimum Gasteiger partial charge on any atom is -0.393 e. The van der Waals surface area contributed by atoms with Crippen LogP contribution in [0.2, 0.25) is 0 Å². The SMILES string of the molecule is CC(Cc1ccccc1)C(=O)OC(=O)C(C)Cc1ccccc1. The van der Waals surface area contributed by atoms with Gasteiger partial charge in [0.05, 0.1) is 11.8 Å². The Morgan fingerprint density at radius 3 is 1.43 bits per heavy atom. The van der Waals surface area contributed by atoms with E-state index in [0.29, 0.717) is 12.8 Å². The highest BCUT2D eigenvalue weighted by Crippen LogP contribution is 2.13. The zero-order chi connectivity index (χ0) is 16.7. The highest BCUT2D eigenvalue weighted by molar-refractivity contribution is 5.87. The van der Waals surface area contributed by atoms with Gasteiger partial charge in [0.25, 0.3) is 0 Å². The maximum atomic E-state index is 12.1. The second-order valence-corrected chi connectivity index (χ2v) is 5.92. The zero-order valence-corrected chi connectivity index (χ0v) is 13.6. The molecule has 2 rings (SSSR count). The molecule has 2 aromatic rings. The Morgan fingerprint density at radius 1 is 0.739 bits per heavy atom. The van der Waals surface area contributed by atoms with Crippen molar-refractivity contribution in [3.05, 3.63) is 71.8 Å². The molecule has 3 nitrogen and oxygen atoms in total. The van der Waals surface area contributed by atoms with E-state index in [9.17, 15) is 9.59 Å². The highest BCUT2D eigenvalue weighted by Gasteiger charge is 2.22. The monoisotopic (exact) mass is 310 g/mol. The largest absolute Gasteiger partial charge is 0.393 e. The number of carbonyl (C=O) groups excluding carboxylic acids is 2. The predicted molar refractivity (Wildman–Crippen MR) is 89.7 cm³/mol. The van der Waals surface area contributed by atoms with E-state index in [1.54, 1.807) is 13.8 Å². The van der Waals surface area contributed by atoms with E-state index in [0.717, 1.165) is 11.1 Å². The maximum Gasteiger partial charge on any atom is 0.316 e. The standard InChI is InChI=1S/C20H22O3/c1-15(13-17-9-5-3-6-10-17)19(21)23-20(22)16(2)14-18-11-7-4-8-12-18/h3-12,15-16H,13-14H2,1-2H3. The summed E-state index contributed by atoms with van der Waals surface area (Å²) in [5.74, 6) is -1.60. The molecule has 0 amide bonds. The van der Waals surface area contributed by atoms with Crippen molar-refractivity contribution >= 4 is 11.9 Å². The van der Waals surface area contributed by atoms with Gasteiger partial charge < -0.3 is 4.74 Å². The average Bonchev–Trinajstić information content (AvgIpc) is 2.56. The minimum atomic E-state index is -0.459. The second kappa shape index (κ2) is 8.28. The molecule has 3 heteroatoms. The third-order valence-corrected chi connectivity index (χ3v) is 3.78. The van der Waals surface area contributed by atoms with Crippen molar-refractivity contribution in [2.45, 2.75) is 26.7 Å². The van der Waals surface area contributed by atoms with Gasteiger partial charge in [-0.25, -0.2) is 0 Å². The fraction of sp³-hybridized carbons (Fsp3) is 0.300. The Balaban J connectivity index is 1.85. The van der Waals surface area contributed by atoms with E-state index in [1.165, 1.54) is 0 Å². The average molecular weight is 310 g/mol. The van der Waals surface area contributed by atoms with Crippen LogP contribution >= 0.6 is 0 Å². The van der Waals surface area contributed by atoms with Gasteiger partial charge in [-0.1, -0.05) is 74.5 Å². The molecule has 2 unspecified atom stereocenters. The van der Waals surface area contributed by atoms with Gasteiger partial charge in [-0.05, 0) is 24.0 Å². The first kappa shape index (κ1) is 16.9.